The van der Waals surface area contributed by atoms with Crippen molar-refractivity contribution in [1.82, 2.24) is 0 Å². The number of hydrogen-bond donors (Lipinski definition) is 2. The standard InChI is InChI=1S/C8H10BBrO2/c1-5-3-7(10)4-6(2)8(5)9(11)12/h3-4,11-12H,1-2H3. The van der Waals surface area contributed by atoms with Gasteiger partial charge in [-0.15, -0.1) is 0 Å². The van der Waals surface area contributed by atoms with Gasteiger partial charge in [0.25, 0.3) is 0 Å². The van der Waals surface area contributed by atoms with Crippen LogP contribution in [-0.4, -0.2) is 17.2 Å². The van der Waals surface area contributed by atoms with Crippen molar-refractivity contribution >= 4 is 28.5 Å². The van der Waals surface area contributed by atoms with Crippen molar-refractivity contribution in [2.75, 3.05) is 0 Å². The highest BCUT2D eigenvalue weighted by Gasteiger charge is 2.16. The molecule has 1 rings (SSSR count). The molecule has 0 amide bonds. The van der Waals surface area contributed by atoms with E-state index in [9.17, 15) is 0 Å². The molecule has 0 aromatic heterocycles. The maximum Gasteiger partial charge on any atom is 0.488 e. The topological polar surface area (TPSA) is 40.5 Å². The van der Waals surface area contributed by atoms with Crippen molar-refractivity contribution in [3.8, 4) is 0 Å². The van der Waals surface area contributed by atoms with Crippen LogP contribution in [0.5, 0.6) is 0 Å². The van der Waals surface area contributed by atoms with Gasteiger partial charge in [-0.25, -0.2) is 0 Å². The number of halogens is 1. The minimum atomic E-state index is -1.38. The van der Waals surface area contributed by atoms with Gasteiger partial charge in [-0.1, -0.05) is 15.9 Å². The molecule has 2 N–H and O–H groups in total. The SMILES string of the molecule is Cc1cc(Br)cc(C)c1B(O)O. The highest BCUT2D eigenvalue weighted by Crippen LogP contribution is 2.13. The maximum atomic E-state index is 9.02. The minimum Gasteiger partial charge on any atom is -0.423 e. The van der Waals surface area contributed by atoms with Gasteiger partial charge >= 0.3 is 7.12 Å². The fourth-order valence-corrected chi connectivity index (χ4v) is 2.02. The van der Waals surface area contributed by atoms with Gasteiger partial charge in [0.05, 0.1) is 0 Å². The molecule has 4 heteroatoms. The average Bonchev–Trinajstić information content (AvgIpc) is 1.82. The molecule has 0 heterocycles. The Bertz CT molecular complexity index is 276. The van der Waals surface area contributed by atoms with Crippen LogP contribution in [0.25, 0.3) is 0 Å². The van der Waals surface area contributed by atoms with Crippen LogP contribution in [0.1, 0.15) is 11.1 Å². The summed E-state index contributed by atoms with van der Waals surface area (Å²) in [6, 6.07) is 3.73. The molecule has 0 saturated heterocycles. The first-order valence-electron chi connectivity index (χ1n) is 3.65. The summed E-state index contributed by atoms with van der Waals surface area (Å²) >= 11 is 3.33. The fourth-order valence-electron chi connectivity index (χ4n) is 1.33. The van der Waals surface area contributed by atoms with E-state index in [-0.39, 0.29) is 0 Å². The van der Waals surface area contributed by atoms with Gasteiger partial charge < -0.3 is 10.0 Å². The van der Waals surface area contributed by atoms with Crippen molar-refractivity contribution in [3.63, 3.8) is 0 Å². The molecule has 0 bridgehead atoms. The zero-order valence-corrected chi connectivity index (χ0v) is 8.59. The van der Waals surface area contributed by atoms with E-state index in [0.29, 0.717) is 5.46 Å². The molecular formula is C8H10BBrO2. The predicted molar refractivity (Wildman–Crippen MR) is 53.4 cm³/mol. The third-order valence-corrected chi connectivity index (χ3v) is 2.27. The maximum absolute atomic E-state index is 9.02. The lowest BCUT2D eigenvalue weighted by Gasteiger charge is -2.08. The van der Waals surface area contributed by atoms with Crippen LogP contribution >= 0.6 is 15.9 Å². The minimum absolute atomic E-state index is 0.596. The molecule has 12 heavy (non-hydrogen) atoms. The number of benzene rings is 1. The summed E-state index contributed by atoms with van der Waals surface area (Å²) in [5.74, 6) is 0. The second-order valence-corrected chi connectivity index (χ2v) is 3.74. The molecule has 0 fully saturated rings. The van der Waals surface area contributed by atoms with Gasteiger partial charge in [0, 0.05) is 4.47 Å². The lowest BCUT2D eigenvalue weighted by molar-refractivity contribution is 0.425. The third kappa shape index (κ3) is 1.89. The first kappa shape index (κ1) is 9.77. The molecule has 1 aromatic carbocycles. The molecule has 0 saturated carbocycles. The first-order chi connectivity index (χ1) is 5.52. The highest BCUT2D eigenvalue weighted by molar-refractivity contribution is 9.10. The van der Waals surface area contributed by atoms with Gasteiger partial charge in [-0.05, 0) is 42.6 Å². The molecular weight excluding hydrogens is 219 g/mol. The Balaban J connectivity index is 3.28. The Kier molecular flexibility index (Phi) is 2.93. The zero-order valence-electron chi connectivity index (χ0n) is 7.00. The quantitative estimate of drug-likeness (QED) is 0.697. The predicted octanol–water partition coefficient (Wildman–Crippen LogP) is 0.746. The van der Waals surface area contributed by atoms with Crippen LogP contribution in [0.2, 0.25) is 0 Å². The highest BCUT2D eigenvalue weighted by atomic mass is 79.9. The van der Waals surface area contributed by atoms with Crippen molar-refractivity contribution in [3.05, 3.63) is 27.7 Å². The summed E-state index contributed by atoms with van der Waals surface area (Å²) in [6.07, 6.45) is 0. The lowest BCUT2D eigenvalue weighted by Crippen LogP contribution is -2.34. The molecule has 64 valence electrons. The van der Waals surface area contributed by atoms with Crippen molar-refractivity contribution in [1.29, 1.82) is 0 Å². The largest absolute Gasteiger partial charge is 0.488 e. The van der Waals surface area contributed by atoms with E-state index >= 15 is 0 Å². The second kappa shape index (κ2) is 3.60. The van der Waals surface area contributed by atoms with Crippen LogP contribution in [0, 0.1) is 13.8 Å². The molecule has 0 unspecified atom stereocenters. The van der Waals surface area contributed by atoms with Crippen LogP contribution < -0.4 is 5.46 Å². The molecule has 0 aliphatic heterocycles. The molecule has 0 atom stereocenters. The molecule has 1 aromatic rings. The van der Waals surface area contributed by atoms with E-state index in [4.69, 9.17) is 10.0 Å². The lowest BCUT2D eigenvalue weighted by atomic mass is 9.74. The summed E-state index contributed by atoms with van der Waals surface area (Å²) in [4.78, 5) is 0. The van der Waals surface area contributed by atoms with Crippen molar-refractivity contribution in [2.24, 2.45) is 0 Å². The van der Waals surface area contributed by atoms with Gasteiger partial charge in [0.2, 0.25) is 0 Å². The normalized spacial score (nSPS) is 10.1. The Labute approximate surface area is 80.5 Å². The summed E-state index contributed by atoms with van der Waals surface area (Å²) in [5, 5.41) is 18.0. The fraction of sp³-hybridized carbons (Fsp3) is 0.250. The Morgan fingerprint density at radius 1 is 1.17 bits per heavy atom. The third-order valence-electron chi connectivity index (χ3n) is 1.82. The molecule has 0 aliphatic rings. The Hall–Kier alpha value is -0.315. The van der Waals surface area contributed by atoms with Crippen molar-refractivity contribution < 1.29 is 10.0 Å². The van der Waals surface area contributed by atoms with Gasteiger partial charge in [-0.2, -0.15) is 0 Å². The van der Waals surface area contributed by atoms with Gasteiger partial charge in [0.1, 0.15) is 0 Å². The first-order valence-corrected chi connectivity index (χ1v) is 4.44. The average molecular weight is 229 g/mol. The Morgan fingerprint density at radius 3 is 1.92 bits per heavy atom. The number of hydrogen-bond acceptors (Lipinski definition) is 2. The number of rotatable bonds is 1. The molecule has 0 spiro atoms. The van der Waals surface area contributed by atoms with E-state index in [0.717, 1.165) is 15.6 Å². The van der Waals surface area contributed by atoms with Crippen molar-refractivity contribution in [2.45, 2.75) is 13.8 Å². The summed E-state index contributed by atoms with van der Waals surface area (Å²) in [7, 11) is -1.38. The van der Waals surface area contributed by atoms with Crippen LogP contribution in [-0.2, 0) is 0 Å². The van der Waals surface area contributed by atoms with Crippen LogP contribution in [0.15, 0.2) is 16.6 Å². The van der Waals surface area contributed by atoms with Crippen LogP contribution in [0.4, 0.5) is 0 Å². The van der Waals surface area contributed by atoms with E-state index in [1.54, 1.807) is 0 Å². The zero-order chi connectivity index (χ0) is 9.30. The molecule has 0 aliphatic carbocycles. The summed E-state index contributed by atoms with van der Waals surface area (Å²) in [6.45, 7) is 3.71. The van der Waals surface area contributed by atoms with Gasteiger partial charge in [0.15, 0.2) is 0 Å². The number of aryl methyl sites for hydroxylation is 2. The van der Waals surface area contributed by atoms with Gasteiger partial charge in [-0.3, -0.25) is 0 Å². The molecule has 2 nitrogen and oxygen atoms in total. The Morgan fingerprint density at radius 2 is 1.58 bits per heavy atom. The smallest absolute Gasteiger partial charge is 0.423 e. The monoisotopic (exact) mass is 228 g/mol. The van der Waals surface area contributed by atoms with Crippen LogP contribution in [0.3, 0.4) is 0 Å². The summed E-state index contributed by atoms with van der Waals surface area (Å²) in [5.41, 5.74) is 2.37. The summed E-state index contributed by atoms with van der Waals surface area (Å²) < 4.78 is 0.960. The molecule has 0 radical (unpaired) electrons. The van der Waals surface area contributed by atoms with E-state index in [1.165, 1.54) is 0 Å². The van der Waals surface area contributed by atoms with E-state index < -0.39 is 7.12 Å². The van der Waals surface area contributed by atoms with E-state index in [2.05, 4.69) is 15.9 Å². The van der Waals surface area contributed by atoms with E-state index in [1.807, 2.05) is 26.0 Å². The second-order valence-electron chi connectivity index (χ2n) is 2.83.